The molecule has 122 valence electrons. The Morgan fingerprint density at radius 3 is 2.79 bits per heavy atom. The summed E-state index contributed by atoms with van der Waals surface area (Å²) in [5.41, 5.74) is 1.41. The molecule has 0 atom stereocenters. The fraction of sp³-hybridized carbons (Fsp3) is 0.0556. The lowest BCUT2D eigenvalue weighted by Crippen LogP contribution is -2.10. The molecule has 0 fully saturated rings. The summed E-state index contributed by atoms with van der Waals surface area (Å²) in [6.45, 7) is 0.274. The Kier molecular flexibility index (Phi) is 4.96. The van der Waals surface area contributed by atoms with Crippen LogP contribution in [0.1, 0.15) is 16.1 Å². The fourth-order valence-electron chi connectivity index (χ4n) is 2.06. The predicted octanol–water partition coefficient (Wildman–Crippen LogP) is 5.01. The van der Waals surface area contributed by atoms with Gasteiger partial charge in [-0.15, -0.1) is 0 Å². The number of hydrogen-bond acceptors (Lipinski definition) is 3. The summed E-state index contributed by atoms with van der Waals surface area (Å²) in [5.74, 6) is 0.173. The Morgan fingerprint density at radius 2 is 2.04 bits per heavy atom. The minimum absolute atomic E-state index is 0.233. The van der Waals surface area contributed by atoms with Crippen molar-refractivity contribution >= 4 is 27.5 Å². The molecule has 4 nitrogen and oxygen atoms in total. The second-order valence-electron chi connectivity index (χ2n) is 4.98. The highest BCUT2D eigenvalue weighted by molar-refractivity contribution is 9.10. The molecule has 2 aromatic carbocycles. The average Bonchev–Trinajstić information content (AvgIpc) is 3.09. The number of rotatable bonds is 5. The van der Waals surface area contributed by atoms with E-state index in [1.807, 2.05) is 0 Å². The van der Waals surface area contributed by atoms with E-state index in [0.29, 0.717) is 15.9 Å². The lowest BCUT2D eigenvalue weighted by molar-refractivity contribution is 0.0996. The molecule has 0 unspecified atom stereocenters. The second-order valence-corrected chi connectivity index (χ2v) is 5.84. The van der Waals surface area contributed by atoms with E-state index in [4.69, 9.17) is 9.15 Å². The van der Waals surface area contributed by atoms with E-state index < -0.39 is 0 Å². The van der Waals surface area contributed by atoms with Crippen molar-refractivity contribution in [2.75, 3.05) is 5.32 Å². The van der Waals surface area contributed by atoms with Crippen LogP contribution in [-0.4, -0.2) is 5.91 Å². The molecule has 1 N–H and O–H groups in total. The van der Waals surface area contributed by atoms with Gasteiger partial charge in [-0.3, -0.25) is 4.79 Å². The van der Waals surface area contributed by atoms with Crippen LogP contribution in [0.15, 0.2) is 69.8 Å². The first kappa shape index (κ1) is 16.3. The van der Waals surface area contributed by atoms with Gasteiger partial charge in [-0.25, -0.2) is 4.39 Å². The standard InChI is InChI=1S/C18H13BrFNO3/c19-16-9-13(20)7-6-12(16)11-24-15-4-1-3-14(10-15)21-18(22)17-5-2-8-23-17/h1-10H,11H2,(H,21,22). The minimum Gasteiger partial charge on any atom is -0.489 e. The van der Waals surface area contributed by atoms with Crippen molar-refractivity contribution in [3.63, 3.8) is 0 Å². The van der Waals surface area contributed by atoms with Crippen LogP contribution in [-0.2, 0) is 6.61 Å². The molecular formula is C18H13BrFNO3. The van der Waals surface area contributed by atoms with E-state index in [9.17, 15) is 9.18 Å². The van der Waals surface area contributed by atoms with Crippen molar-refractivity contribution in [1.29, 1.82) is 0 Å². The van der Waals surface area contributed by atoms with Gasteiger partial charge in [0, 0.05) is 21.8 Å². The van der Waals surface area contributed by atoms with Crippen LogP contribution in [0.3, 0.4) is 0 Å². The van der Waals surface area contributed by atoms with Gasteiger partial charge in [0.25, 0.3) is 5.91 Å². The summed E-state index contributed by atoms with van der Waals surface area (Å²) in [4.78, 5) is 12.0. The molecule has 24 heavy (non-hydrogen) atoms. The Hall–Kier alpha value is -2.60. The molecule has 0 saturated heterocycles. The molecule has 3 aromatic rings. The molecule has 1 amide bonds. The first-order valence-corrected chi connectivity index (χ1v) is 7.93. The van der Waals surface area contributed by atoms with Crippen molar-refractivity contribution in [2.45, 2.75) is 6.61 Å². The van der Waals surface area contributed by atoms with Gasteiger partial charge in [-0.2, -0.15) is 0 Å². The number of halogens is 2. The van der Waals surface area contributed by atoms with Crippen LogP contribution in [0.5, 0.6) is 5.75 Å². The molecule has 0 saturated carbocycles. The van der Waals surface area contributed by atoms with E-state index in [0.717, 1.165) is 5.56 Å². The lowest BCUT2D eigenvalue weighted by Gasteiger charge is -2.10. The molecule has 0 spiro atoms. The summed E-state index contributed by atoms with van der Waals surface area (Å²) in [6, 6.07) is 14.7. The van der Waals surface area contributed by atoms with Gasteiger partial charge >= 0.3 is 0 Å². The quantitative estimate of drug-likeness (QED) is 0.666. The van der Waals surface area contributed by atoms with Gasteiger partial charge < -0.3 is 14.5 Å². The molecule has 1 heterocycles. The van der Waals surface area contributed by atoms with Crippen LogP contribution >= 0.6 is 15.9 Å². The SMILES string of the molecule is O=C(Nc1cccc(OCc2ccc(F)cc2Br)c1)c1ccco1. The molecule has 0 bridgehead atoms. The first-order valence-electron chi connectivity index (χ1n) is 7.13. The van der Waals surface area contributed by atoms with Crippen molar-refractivity contribution in [1.82, 2.24) is 0 Å². The third-order valence-corrected chi connectivity index (χ3v) is 3.98. The Balaban J connectivity index is 1.66. The molecule has 0 radical (unpaired) electrons. The molecule has 0 aliphatic rings. The number of benzene rings is 2. The number of ether oxygens (including phenoxy) is 1. The zero-order valence-electron chi connectivity index (χ0n) is 12.5. The van der Waals surface area contributed by atoms with Gasteiger partial charge in [0.2, 0.25) is 0 Å². The Labute approximate surface area is 146 Å². The van der Waals surface area contributed by atoms with Crippen LogP contribution < -0.4 is 10.1 Å². The van der Waals surface area contributed by atoms with Gasteiger partial charge in [-0.05, 0) is 36.4 Å². The molecule has 3 rings (SSSR count). The molecule has 0 aliphatic carbocycles. The lowest BCUT2D eigenvalue weighted by atomic mass is 10.2. The highest BCUT2D eigenvalue weighted by atomic mass is 79.9. The maximum absolute atomic E-state index is 13.1. The van der Waals surface area contributed by atoms with Gasteiger partial charge in [0.1, 0.15) is 18.2 Å². The fourth-order valence-corrected chi connectivity index (χ4v) is 2.53. The Bertz CT molecular complexity index is 849. The van der Waals surface area contributed by atoms with Gasteiger partial charge in [0.15, 0.2) is 5.76 Å². The Morgan fingerprint density at radius 1 is 1.17 bits per heavy atom. The van der Waals surface area contributed by atoms with E-state index in [-0.39, 0.29) is 24.1 Å². The van der Waals surface area contributed by atoms with Crippen LogP contribution in [0.25, 0.3) is 0 Å². The van der Waals surface area contributed by atoms with Crippen molar-refractivity contribution in [2.24, 2.45) is 0 Å². The smallest absolute Gasteiger partial charge is 0.291 e. The summed E-state index contributed by atoms with van der Waals surface area (Å²) in [5, 5.41) is 2.73. The minimum atomic E-state index is -0.335. The summed E-state index contributed by atoms with van der Waals surface area (Å²) >= 11 is 3.30. The van der Waals surface area contributed by atoms with Gasteiger partial charge in [-0.1, -0.05) is 28.1 Å². The maximum atomic E-state index is 13.1. The number of nitrogens with one attached hydrogen (secondary N) is 1. The van der Waals surface area contributed by atoms with Gasteiger partial charge in [0.05, 0.1) is 6.26 Å². The highest BCUT2D eigenvalue weighted by Crippen LogP contribution is 2.22. The largest absolute Gasteiger partial charge is 0.489 e. The normalized spacial score (nSPS) is 10.4. The first-order chi connectivity index (χ1) is 11.6. The predicted molar refractivity (Wildman–Crippen MR) is 91.5 cm³/mol. The van der Waals surface area contributed by atoms with E-state index in [1.165, 1.54) is 18.4 Å². The van der Waals surface area contributed by atoms with E-state index >= 15 is 0 Å². The molecular weight excluding hydrogens is 377 g/mol. The number of amides is 1. The van der Waals surface area contributed by atoms with Crippen LogP contribution in [0.4, 0.5) is 10.1 Å². The van der Waals surface area contributed by atoms with Crippen molar-refractivity contribution in [3.8, 4) is 5.75 Å². The monoisotopic (exact) mass is 389 g/mol. The number of anilines is 1. The molecule has 0 aliphatic heterocycles. The van der Waals surface area contributed by atoms with E-state index in [1.54, 1.807) is 42.5 Å². The summed E-state index contributed by atoms with van der Waals surface area (Å²) < 4.78 is 24.5. The third-order valence-electron chi connectivity index (χ3n) is 3.25. The van der Waals surface area contributed by atoms with Crippen LogP contribution in [0, 0.1) is 5.82 Å². The zero-order valence-corrected chi connectivity index (χ0v) is 14.0. The topological polar surface area (TPSA) is 51.5 Å². The highest BCUT2D eigenvalue weighted by Gasteiger charge is 2.09. The molecule has 6 heteroatoms. The van der Waals surface area contributed by atoms with E-state index in [2.05, 4.69) is 21.2 Å². The number of carbonyl (C=O) groups is 1. The maximum Gasteiger partial charge on any atom is 0.291 e. The number of hydrogen-bond donors (Lipinski definition) is 1. The summed E-state index contributed by atoms with van der Waals surface area (Å²) in [6.07, 6.45) is 1.44. The van der Waals surface area contributed by atoms with Crippen LogP contribution in [0.2, 0.25) is 0 Å². The van der Waals surface area contributed by atoms with Crippen molar-refractivity contribution in [3.05, 3.63) is 82.5 Å². The second kappa shape index (κ2) is 7.31. The number of furan rings is 1. The summed E-state index contributed by atoms with van der Waals surface area (Å²) in [7, 11) is 0. The number of carbonyl (C=O) groups excluding carboxylic acids is 1. The molecule has 1 aromatic heterocycles. The zero-order chi connectivity index (χ0) is 16.9. The average molecular weight is 390 g/mol. The van der Waals surface area contributed by atoms with Crippen molar-refractivity contribution < 1.29 is 18.3 Å². The third kappa shape index (κ3) is 4.02.